The molecule has 1 aliphatic rings. The van der Waals surface area contributed by atoms with Crippen LogP contribution in [0.3, 0.4) is 0 Å². The predicted molar refractivity (Wildman–Crippen MR) is 57.5 cm³/mol. The smallest absolute Gasteiger partial charge is 0.135 e. The minimum absolute atomic E-state index is 0.792. The van der Waals surface area contributed by atoms with E-state index in [0.717, 1.165) is 6.04 Å². The lowest BCUT2D eigenvalue weighted by molar-refractivity contribution is -0.918. The van der Waals surface area contributed by atoms with Gasteiger partial charge in [0.15, 0.2) is 0 Å². The van der Waals surface area contributed by atoms with Crippen molar-refractivity contribution in [1.82, 2.24) is 4.90 Å². The highest BCUT2D eigenvalue weighted by Gasteiger charge is 2.38. The molecule has 0 aromatic heterocycles. The first-order chi connectivity index (χ1) is 6.17. The molecule has 1 heterocycles. The molecule has 0 radical (unpaired) electrons. The third-order valence-corrected chi connectivity index (χ3v) is 3.61. The molecule has 1 unspecified atom stereocenters. The van der Waals surface area contributed by atoms with Crippen molar-refractivity contribution in [2.45, 2.75) is 40.2 Å². The average molecular weight is 185 g/mol. The Bertz CT molecular complexity index is 152. The summed E-state index contributed by atoms with van der Waals surface area (Å²) in [4.78, 5) is 2.65. The lowest BCUT2D eigenvalue weighted by Crippen LogP contribution is -2.46. The largest absolute Gasteiger partial charge is 0.310 e. The van der Waals surface area contributed by atoms with Crippen molar-refractivity contribution in [3.05, 3.63) is 0 Å². The van der Waals surface area contributed by atoms with Gasteiger partial charge in [0.25, 0.3) is 0 Å². The summed E-state index contributed by atoms with van der Waals surface area (Å²) in [6.07, 6.45) is 1.29. The van der Waals surface area contributed by atoms with E-state index >= 15 is 0 Å². The molecule has 1 aliphatic heterocycles. The van der Waals surface area contributed by atoms with E-state index in [4.69, 9.17) is 0 Å². The SMILES string of the molecule is CCCN1C[N+](CC)(CC)CC1C. The van der Waals surface area contributed by atoms with Crippen LogP contribution in [0.2, 0.25) is 0 Å². The maximum Gasteiger partial charge on any atom is 0.135 e. The van der Waals surface area contributed by atoms with Crippen LogP contribution in [-0.2, 0) is 0 Å². The molecule has 2 heteroatoms. The number of likely N-dealkylation sites (N-methyl/N-ethyl adjacent to an activating group) is 1. The summed E-state index contributed by atoms with van der Waals surface area (Å²) in [5.41, 5.74) is 0. The van der Waals surface area contributed by atoms with E-state index in [0.29, 0.717) is 0 Å². The molecule has 1 rings (SSSR count). The molecule has 0 spiro atoms. The quantitative estimate of drug-likeness (QED) is 0.605. The fourth-order valence-corrected chi connectivity index (χ4v) is 2.52. The number of nitrogens with zero attached hydrogens (tertiary/aromatic N) is 2. The van der Waals surface area contributed by atoms with E-state index < -0.39 is 0 Å². The molecule has 78 valence electrons. The second-order valence-corrected chi connectivity index (χ2v) is 4.46. The van der Waals surface area contributed by atoms with Crippen LogP contribution in [0.25, 0.3) is 0 Å². The van der Waals surface area contributed by atoms with E-state index in [9.17, 15) is 0 Å². The summed E-state index contributed by atoms with van der Waals surface area (Å²) in [7, 11) is 0. The topological polar surface area (TPSA) is 3.24 Å². The third kappa shape index (κ3) is 2.23. The van der Waals surface area contributed by atoms with E-state index in [-0.39, 0.29) is 0 Å². The van der Waals surface area contributed by atoms with Gasteiger partial charge in [0, 0.05) is 6.54 Å². The average Bonchev–Trinajstić information content (AvgIpc) is 2.45. The van der Waals surface area contributed by atoms with Gasteiger partial charge in [0.2, 0.25) is 0 Å². The molecule has 0 amide bonds. The Morgan fingerprint density at radius 3 is 2.23 bits per heavy atom. The first kappa shape index (κ1) is 11.0. The van der Waals surface area contributed by atoms with Gasteiger partial charge >= 0.3 is 0 Å². The molecule has 0 aromatic carbocycles. The van der Waals surface area contributed by atoms with Crippen LogP contribution in [0.15, 0.2) is 0 Å². The molecule has 0 aliphatic carbocycles. The van der Waals surface area contributed by atoms with E-state index in [1.807, 2.05) is 0 Å². The minimum atomic E-state index is 0.792. The van der Waals surface area contributed by atoms with Gasteiger partial charge in [-0.1, -0.05) is 6.92 Å². The Morgan fingerprint density at radius 1 is 1.23 bits per heavy atom. The van der Waals surface area contributed by atoms with Crippen molar-refractivity contribution in [3.63, 3.8) is 0 Å². The third-order valence-electron chi connectivity index (χ3n) is 3.61. The minimum Gasteiger partial charge on any atom is -0.310 e. The van der Waals surface area contributed by atoms with Crippen LogP contribution < -0.4 is 0 Å². The lowest BCUT2D eigenvalue weighted by atomic mass is 10.3. The molecule has 1 saturated heterocycles. The molecule has 0 aromatic rings. The second-order valence-electron chi connectivity index (χ2n) is 4.46. The molecule has 0 saturated carbocycles. The van der Waals surface area contributed by atoms with Gasteiger partial charge in [0.05, 0.1) is 25.7 Å². The van der Waals surface area contributed by atoms with Crippen LogP contribution in [0.1, 0.15) is 34.1 Å². The van der Waals surface area contributed by atoms with E-state index in [2.05, 4.69) is 32.6 Å². The van der Waals surface area contributed by atoms with Gasteiger partial charge in [0.1, 0.15) is 6.67 Å². The number of quaternary nitrogens is 1. The van der Waals surface area contributed by atoms with Crippen molar-refractivity contribution >= 4 is 0 Å². The van der Waals surface area contributed by atoms with Gasteiger partial charge < -0.3 is 4.48 Å². The van der Waals surface area contributed by atoms with Crippen LogP contribution in [0.4, 0.5) is 0 Å². The summed E-state index contributed by atoms with van der Waals surface area (Å²) in [6.45, 7) is 15.8. The monoisotopic (exact) mass is 185 g/mol. The molecule has 13 heavy (non-hydrogen) atoms. The van der Waals surface area contributed by atoms with Crippen LogP contribution in [-0.4, -0.2) is 48.3 Å². The normalized spacial score (nSPS) is 28.2. The Kier molecular flexibility index (Phi) is 3.74. The number of hydrogen-bond acceptors (Lipinski definition) is 1. The zero-order valence-corrected chi connectivity index (χ0v) is 9.71. The summed E-state index contributed by atoms with van der Waals surface area (Å²) >= 11 is 0. The Hall–Kier alpha value is -0.0800. The summed E-state index contributed by atoms with van der Waals surface area (Å²) in [6, 6.07) is 0.792. The number of rotatable bonds is 4. The van der Waals surface area contributed by atoms with Gasteiger partial charge in [-0.15, -0.1) is 0 Å². The van der Waals surface area contributed by atoms with Crippen LogP contribution >= 0.6 is 0 Å². The summed E-state index contributed by atoms with van der Waals surface area (Å²) in [5, 5.41) is 0. The maximum absolute atomic E-state index is 2.65. The lowest BCUT2D eigenvalue weighted by Gasteiger charge is -2.31. The molecule has 1 fully saturated rings. The highest BCUT2D eigenvalue weighted by atomic mass is 15.5. The Morgan fingerprint density at radius 2 is 1.85 bits per heavy atom. The fourth-order valence-electron chi connectivity index (χ4n) is 2.52. The molecular formula is C11H25N2+. The predicted octanol–water partition coefficient (Wildman–Crippen LogP) is 1.91. The van der Waals surface area contributed by atoms with Crippen molar-refractivity contribution < 1.29 is 4.48 Å². The van der Waals surface area contributed by atoms with E-state index in [1.165, 1.54) is 43.8 Å². The highest BCUT2D eigenvalue weighted by Crippen LogP contribution is 2.21. The second kappa shape index (κ2) is 4.43. The zero-order chi connectivity index (χ0) is 9.90. The van der Waals surface area contributed by atoms with Gasteiger partial charge in [-0.05, 0) is 27.2 Å². The first-order valence-electron chi connectivity index (χ1n) is 5.76. The van der Waals surface area contributed by atoms with Gasteiger partial charge in [-0.3, -0.25) is 0 Å². The van der Waals surface area contributed by atoms with Crippen LogP contribution in [0.5, 0.6) is 0 Å². The van der Waals surface area contributed by atoms with Crippen LogP contribution in [0, 0.1) is 0 Å². The molecule has 0 N–H and O–H groups in total. The fraction of sp³-hybridized carbons (Fsp3) is 1.00. The first-order valence-corrected chi connectivity index (χ1v) is 5.76. The molecule has 2 nitrogen and oxygen atoms in total. The van der Waals surface area contributed by atoms with E-state index in [1.54, 1.807) is 0 Å². The van der Waals surface area contributed by atoms with Gasteiger partial charge in [-0.2, -0.15) is 0 Å². The van der Waals surface area contributed by atoms with Gasteiger partial charge in [-0.25, -0.2) is 4.90 Å². The molecule has 1 atom stereocenters. The standard InChI is InChI=1S/C11H25N2/c1-5-8-12-10-13(6-2,7-3)9-11(12)4/h11H,5-10H2,1-4H3/q+1. The number of hydrogen-bond donors (Lipinski definition) is 0. The van der Waals surface area contributed by atoms with Crippen molar-refractivity contribution in [2.75, 3.05) is 32.8 Å². The maximum atomic E-state index is 2.65. The van der Waals surface area contributed by atoms with Crippen molar-refractivity contribution in [1.29, 1.82) is 0 Å². The zero-order valence-electron chi connectivity index (χ0n) is 9.71. The van der Waals surface area contributed by atoms with Crippen molar-refractivity contribution in [2.24, 2.45) is 0 Å². The summed E-state index contributed by atoms with van der Waals surface area (Å²) in [5.74, 6) is 0. The van der Waals surface area contributed by atoms with Crippen molar-refractivity contribution in [3.8, 4) is 0 Å². The molecular weight excluding hydrogens is 160 g/mol. The Labute approximate surface area is 83.1 Å². The summed E-state index contributed by atoms with van der Waals surface area (Å²) < 4.78 is 1.31. The highest BCUT2D eigenvalue weighted by molar-refractivity contribution is 4.70. The molecule has 0 bridgehead atoms. The Balaban J connectivity index is 2.56.